The molecule has 2 aromatic rings. The zero-order valence-electron chi connectivity index (χ0n) is 15.6. The highest BCUT2D eigenvalue weighted by atomic mass is 16.6. The number of nitro benzene ring substituents is 1. The van der Waals surface area contributed by atoms with Gasteiger partial charge in [-0.05, 0) is 25.1 Å². The van der Waals surface area contributed by atoms with Gasteiger partial charge in [0.1, 0.15) is 5.75 Å². The third-order valence-electron chi connectivity index (χ3n) is 5.09. The third-order valence-corrected chi connectivity index (χ3v) is 5.09. The fraction of sp³-hybridized carbons (Fsp3) is 0.316. The minimum absolute atomic E-state index is 0.0393. The Bertz CT molecular complexity index is 978. The standard InChI is InChI=1S/C19H19N3O6/c1-19-10-14(13-8-12(22(24)25)5-6-15(13)28-19)20-18(23)21(19)11-4-7-16(26-2)17(9-11)27-3/h4-9,14H,10H2,1-3H3,(H,20,23)/t14-,19+/m0/s1. The summed E-state index contributed by atoms with van der Waals surface area (Å²) in [6.07, 6.45) is 0.432. The fourth-order valence-electron chi connectivity index (χ4n) is 3.83. The first-order chi connectivity index (χ1) is 13.4. The van der Waals surface area contributed by atoms with Crippen molar-refractivity contribution in [2.24, 2.45) is 0 Å². The van der Waals surface area contributed by atoms with Gasteiger partial charge in [-0.3, -0.25) is 15.0 Å². The molecule has 0 saturated carbocycles. The van der Waals surface area contributed by atoms with Crippen molar-refractivity contribution >= 4 is 17.4 Å². The van der Waals surface area contributed by atoms with Crippen LogP contribution >= 0.6 is 0 Å². The summed E-state index contributed by atoms with van der Waals surface area (Å²) < 4.78 is 16.8. The average Bonchev–Trinajstić information content (AvgIpc) is 2.66. The van der Waals surface area contributed by atoms with E-state index in [1.54, 1.807) is 24.3 Å². The predicted octanol–water partition coefficient (Wildman–Crippen LogP) is 3.38. The highest BCUT2D eigenvalue weighted by Gasteiger charge is 2.50. The SMILES string of the molecule is COc1ccc(N2C(=O)N[C@H]3C[C@@]2(C)Oc2ccc([N+](=O)[O-])cc23)cc1OC. The van der Waals surface area contributed by atoms with Crippen LogP contribution in [-0.2, 0) is 0 Å². The van der Waals surface area contributed by atoms with Gasteiger partial charge in [0.05, 0.1) is 30.9 Å². The van der Waals surface area contributed by atoms with Crippen LogP contribution < -0.4 is 24.4 Å². The quantitative estimate of drug-likeness (QED) is 0.639. The van der Waals surface area contributed by atoms with Gasteiger partial charge in [0.15, 0.2) is 17.2 Å². The normalized spacial score (nSPS) is 22.6. The Labute approximate surface area is 160 Å². The summed E-state index contributed by atoms with van der Waals surface area (Å²) in [5, 5.41) is 14.0. The summed E-state index contributed by atoms with van der Waals surface area (Å²) in [7, 11) is 3.06. The Morgan fingerprint density at radius 2 is 1.96 bits per heavy atom. The molecule has 28 heavy (non-hydrogen) atoms. The molecule has 9 nitrogen and oxygen atoms in total. The number of rotatable bonds is 4. The van der Waals surface area contributed by atoms with E-state index in [9.17, 15) is 14.9 Å². The van der Waals surface area contributed by atoms with E-state index in [0.717, 1.165) is 0 Å². The first kappa shape index (κ1) is 17.9. The van der Waals surface area contributed by atoms with Crippen molar-refractivity contribution in [3.8, 4) is 17.2 Å². The van der Waals surface area contributed by atoms with E-state index >= 15 is 0 Å². The Morgan fingerprint density at radius 1 is 1.21 bits per heavy atom. The Kier molecular flexibility index (Phi) is 4.02. The number of carbonyl (C=O) groups is 1. The summed E-state index contributed by atoms with van der Waals surface area (Å²) >= 11 is 0. The molecule has 0 aliphatic carbocycles. The number of ether oxygens (including phenoxy) is 3. The van der Waals surface area contributed by atoms with Gasteiger partial charge in [-0.1, -0.05) is 0 Å². The topological polar surface area (TPSA) is 103 Å². The number of methoxy groups -OCH3 is 2. The van der Waals surface area contributed by atoms with Crippen LogP contribution in [0.3, 0.4) is 0 Å². The van der Waals surface area contributed by atoms with E-state index in [-0.39, 0.29) is 17.8 Å². The Hall–Kier alpha value is -3.49. The van der Waals surface area contributed by atoms with Crippen molar-refractivity contribution in [3.05, 3.63) is 52.1 Å². The maximum Gasteiger partial charge on any atom is 0.325 e. The van der Waals surface area contributed by atoms with Crippen molar-refractivity contribution in [1.29, 1.82) is 0 Å². The van der Waals surface area contributed by atoms with Crippen molar-refractivity contribution in [1.82, 2.24) is 5.32 Å². The predicted molar refractivity (Wildman–Crippen MR) is 100 cm³/mol. The number of nitrogens with zero attached hydrogens (tertiary/aromatic N) is 2. The molecular weight excluding hydrogens is 366 g/mol. The molecule has 1 saturated heterocycles. The smallest absolute Gasteiger partial charge is 0.325 e. The zero-order valence-corrected chi connectivity index (χ0v) is 15.6. The summed E-state index contributed by atoms with van der Waals surface area (Å²) in [5.74, 6) is 1.55. The molecule has 2 heterocycles. The number of amides is 2. The number of hydrogen-bond donors (Lipinski definition) is 1. The second-order valence-corrected chi connectivity index (χ2v) is 6.84. The average molecular weight is 385 g/mol. The Balaban J connectivity index is 1.76. The van der Waals surface area contributed by atoms with E-state index in [0.29, 0.717) is 34.9 Å². The highest BCUT2D eigenvalue weighted by molar-refractivity contribution is 5.95. The van der Waals surface area contributed by atoms with Crippen LogP contribution in [0.5, 0.6) is 17.2 Å². The molecule has 1 N–H and O–H groups in total. The van der Waals surface area contributed by atoms with E-state index in [2.05, 4.69) is 5.32 Å². The summed E-state index contributed by atoms with van der Waals surface area (Å²) in [4.78, 5) is 25.1. The number of anilines is 1. The van der Waals surface area contributed by atoms with Gasteiger partial charge in [-0.25, -0.2) is 4.79 Å². The molecule has 1 fully saturated rings. The molecule has 2 atom stereocenters. The van der Waals surface area contributed by atoms with Crippen LogP contribution in [0, 0.1) is 10.1 Å². The van der Waals surface area contributed by atoms with Crippen LogP contribution in [0.2, 0.25) is 0 Å². The maximum absolute atomic E-state index is 12.9. The molecule has 4 rings (SSSR count). The van der Waals surface area contributed by atoms with E-state index in [4.69, 9.17) is 14.2 Å². The van der Waals surface area contributed by atoms with Gasteiger partial charge < -0.3 is 19.5 Å². The van der Waals surface area contributed by atoms with Crippen LogP contribution in [0.15, 0.2) is 36.4 Å². The number of urea groups is 1. The lowest BCUT2D eigenvalue weighted by Crippen LogP contribution is -2.65. The van der Waals surface area contributed by atoms with E-state index < -0.39 is 10.6 Å². The van der Waals surface area contributed by atoms with Crippen LogP contribution in [0.4, 0.5) is 16.2 Å². The van der Waals surface area contributed by atoms with Gasteiger partial charge in [0, 0.05) is 30.2 Å². The molecule has 2 aromatic carbocycles. The van der Waals surface area contributed by atoms with Crippen LogP contribution in [0.1, 0.15) is 24.9 Å². The monoisotopic (exact) mass is 385 g/mol. The molecule has 2 aliphatic rings. The lowest BCUT2D eigenvalue weighted by molar-refractivity contribution is -0.385. The Morgan fingerprint density at radius 3 is 2.64 bits per heavy atom. The number of benzene rings is 2. The minimum Gasteiger partial charge on any atom is -0.493 e. The van der Waals surface area contributed by atoms with Crippen molar-refractivity contribution in [2.75, 3.05) is 19.1 Å². The van der Waals surface area contributed by atoms with Gasteiger partial charge in [-0.15, -0.1) is 0 Å². The number of non-ortho nitro benzene ring substituents is 1. The number of fused-ring (bicyclic) bond motifs is 4. The van der Waals surface area contributed by atoms with Gasteiger partial charge in [-0.2, -0.15) is 0 Å². The molecule has 2 bridgehead atoms. The van der Waals surface area contributed by atoms with Crippen molar-refractivity contribution in [3.63, 3.8) is 0 Å². The maximum atomic E-state index is 12.9. The lowest BCUT2D eigenvalue weighted by atomic mass is 9.90. The van der Waals surface area contributed by atoms with Crippen LogP contribution in [0.25, 0.3) is 0 Å². The number of carbonyl (C=O) groups excluding carboxylic acids is 1. The molecule has 146 valence electrons. The highest BCUT2D eigenvalue weighted by Crippen LogP contribution is 2.47. The second-order valence-electron chi connectivity index (χ2n) is 6.84. The molecule has 0 aromatic heterocycles. The number of hydrogen-bond acceptors (Lipinski definition) is 6. The van der Waals surface area contributed by atoms with Crippen molar-refractivity contribution < 1.29 is 23.9 Å². The number of nitrogens with one attached hydrogen (secondary N) is 1. The first-order valence-electron chi connectivity index (χ1n) is 8.66. The molecule has 9 heteroatoms. The summed E-state index contributed by atoms with van der Waals surface area (Å²) in [5.41, 5.74) is 0.186. The second kappa shape index (κ2) is 6.29. The van der Waals surface area contributed by atoms with Crippen LogP contribution in [-0.4, -0.2) is 30.9 Å². The molecule has 0 radical (unpaired) electrons. The van der Waals surface area contributed by atoms with Crippen molar-refractivity contribution in [2.45, 2.75) is 25.1 Å². The summed E-state index contributed by atoms with van der Waals surface area (Å²) in [6.45, 7) is 1.82. The molecule has 2 aliphatic heterocycles. The first-order valence-corrected chi connectivity index (χ1v) is 8.66. The molecule has 0 spiro atoms. The molecule has 0 unspecified atom stereocenters. The minimum atomic E-state index is -0.963. The van der Waals surface area contributed by atoms with Gasteiger partial charge >= 0.3 is 6.03 Å². The fourth-order valence-corrected chi connectivity index (χ4v) is 3.83. The molecule has 2 amide bonds. The van der Waals surface area contributed by atoms with E-state index in [1.165, 1.54) is 31.3 Å². The molecular formula is C19H19N3O6. The number of nitro groups is 1. The zero-order chi connectivity index (χ0) is 20.1. The third kappa shape index (κ3) is 2.67. The largest absolute Gasteiger partial charge is 0.493 e. The lowest BCUT2D eigenvalue weighted by Gasteiger charge is -2.50. The van der Waals surface area contributed by atoms with E-state index in [1.807, 2.05) is 6.92 Å². The van der Waals surface area contributed by atoms with Gasteiger partial charge in [0.25, 0.3) is 5.69 Å². The summed E-state index contributed by atoms with van der Waals surface area (Å²) in [6, 6.07) is 8.86. The van der Waals surface area contributed by atoms with Gasteiger partial charge in [0.2, 0.25) is 0 Å².